The van der Waals surface area contributed by atoms with E-state index in [0.717, 1.165) is 12.8 Å². The second-order valence-electron chi connectivity index (χ2n) is 4.55. The minimum absolute atomic E-state index is 0.0841. The molecule has 1 aromatic rings. The summed E-state index contributed by atoms with van der Waals surface area (Å²) in [6.07, 6.45) is 1.50. The fourth-order valence-electron chi connectivity index (χ4n) is 2.12. The summed E-state index contributed by atoms with van der Waals surface area (Å²) in [6.45, 7) is 1.27. The van der Waals surface area contributed by atoms with Crippen LogP contribution in [0, 0.1) is 17.2 Å². The van der Waals surface area contributed by atoms with E-state index in [0.29, 0.717) is 24.5 Å². The molecule has 0 aliphatic carbocycles. The van der Waals surface area contributed by atoms with Crippen molar-refractivity contribution in [2.24, 2.45) is 5.92 Å². The zero-order valence-corrected chi connectivity index (χ0v) is 10.9. The van der Waals surface area contributed by atoms with Crippen molar-refractivity contribution in [3.05, 3.63) is 24.3 Å². The summed E-state index contributed by atoms with van der Waals surface area (Å²) in [6, 6.07) is 9.39. The van der Waals surface area contributed by atoms with Gasteiger partial charge in [-0.3, -0.25) is 0 Å². The van der Waals surface area contributed by atoms with Crippen molar-refractivity contribution < 1.29 is 9.53 Å². The second kappa shape index (κ2) is 6.10. The number of urea groups is 1. The highest BCUT2D eigenvalue weighted by molar-refractivity contribution is 5.89. The molecule has 1 fully saturated rings. The molecule has 19 heavy (non-hydrogen) atoms. The fraction of sp³-hybridized carbons (Fsp3) is 0.429. The highest BCUT2D eigenvalue weighted by atomic mass is 16.5. The number of nitrogens with one attached hydrogen (secondary N) is 1. The Hall–Kier alpha value is -2.22. The lowest BCUT2D eigenvalue weighted by atomic mass is 9.99. The van der Waals surface area contributed by atoms with E-state index in [-0.39, 0.29) is 11.9 Å². The molecule has 5 heteroatoms. The molecule has 0 atom stereocenters. The van der Waals surface area contributed by atoms with Crippen LogP contribution in [-0.4, -0.2) is 31.1 Å². The predicted molar refractivity (Wildman–Crippen MR) is 71.9 cm³/mol. The van der Waals surface area contributed by atoms with Gasteiger partial charge in [0.1, 0.15) is 5.75 Å². The largest absolute Gasteiger partial charge is 0.497 e. The molecule has 1 aliphatic heterocycles. The highest BCUT2D eigenvalue weighted by Gasteiger charge is 2.22. The minimum atomic E-state index is -0.121. The summed E-state index contributed by atoms with van der Waals surface area (Å²) in [7, 11) is 1.59. The Bertz CT molecular complexity index is 488. The normalized spacial score (nSPS) is 15.7. The minimum Gasteiger partial charge on any atom is -0.497 e. The second-order valence-corrected chi connectivity index (χ2v) is 4.55. The first-order valence-corrected chi connectivity index (χ1v) is 6.32. The van der Waals surface area contributed by atoms with Crippen molar-refractivity contribution in [1.29, 1.82) is 5.26 Å². The van der Waals surface area contributed by atoms with E-state index in [1.54, 1.807) is 18.1 Å². The third-order valence-corrected chi connectivity index (χ3v) is 3.29. The predicted octanol–water partition coefficient (Wildman–Crippen LogP) is 2.46. The molecule has 1 N–H and O–H groups in total. The molecule has 0 bridgehead atoms. The maximum Gasteiger partial charge on any atom is 0.321 e. The topological polar surface area (TPSA) is 65.4 Å². The van der Waals surface area contributed by atoms with Crippen molar-refractivity contribution >= 4 is 11.7 Å². The van der Waals surface area contributed by atoms with Gasteiger partial charge in [-0.1, -0.05) is 6.07 Å². The Morgan fingerprint density at radius 1 is 1.47 bits per heavy atom. The highest BCUT2D eigenvalue weighted by Crippen LogP contribution is 2.19. The van der Waals surface area contributed by atoms with Crippen molar-refractivity contribution in [2.75, 3.05) is 25.5 Å². The Balaban J connectivity index is 1.92. The van der Waals surface area contributed by atoms with Crippen molar-refractivity contribution in [1.82, 2.24) is 4.90 Å². The number of hydrogen-bond donors (Lipinski definition) is 1. The zero-order valence-electron chi connectivity index (χ0n) is 10.9. The van der Waals surface area contributed by atoms with Gasteiger partial charge in [0.25, 0.3) is 0 Å². The number of rotatable bonds is 2. The van der Waals surface area contributed by atoms with Crippen LogP contribution in [0.2, 0.25) is 0 Å². The van der Waals surface area contributed by atoms with Gasteiger partial charge in [-0.05, 0) is 25.0 Å². The monoisotopic (exact) mass is 259 g/mol. The van der Waals surface area contributed by atoms with Gasteiger partial charge in [0, 0.05) is 30.8 Å². The number of benzene rings is 1. The van der Waals surface area contributed by atoms with Gasteiger partial charge in [-0.2, -0.15) is 5.26 Å². The number of hydrogen-bond acceptors (Lipinski definition) is 3. The van der Waals surface area contributed by atoms with Crippen LogP contribution in [0.1, 0.15) is 12.8 Å². The number of methoxy groups -OCH3 is 1. The molecule has 0 aromatic heterocycles. The number of ether oxygens (including phenoxy) is 1. The first-order valence-electron chi connectivity index (χ1n) is 6.32. The molecule has 100 valence electrons. The summed E-state index contributed by atoms with van der Waals surface area (Å²) < 4.78 is 5.11. The number of nitrogens with zero attached hydrogens (tertiary/aromatic N) is 2. The van der Waals surface area contributed by atoms with Gasteiger partial charge in [0.15, 0.2) is 0 Å². The van der Waals surface area contributed by atoms with Crippen LogP contribution in [0.25, 0.3) is 0 Å². The molecule has 2 rings (SSSR count). The average molecular weight is 259 g/mol. The standard InChI is InChI=1S/C14H17N3O2/c1-19-13-4-2-3-12(9-13)16-14(18)17-7-5-11(10-15)6-8-17/h2-4,9,11H,5-8H2,1H3,(H,16,18). The van der Waals surface area contributed by atoms with Crippen LogP contribution in [0.4, 0.5) is 10.5 Å². The Morgan fingerprint density at radius 3 is 2.84 bits per heavy atom. The summed E-state index contributed by atoms with van der Waals surface area (Å²) in [4.78, 5) is 13.8. The smallest absolute Gasteiger partial charge is 0.321 e. The fourth-order valence-corrected chi connectivity index (χ4v) is 2.12. The van der Waals surface area contributed by atoms with Crippen molar-refractivity contribution in [3.8, 4) is 11.8 Å². The third kappa shape index (κ3) is 3.38. The van der Waals surface area contributed by atoms with Gasteiger partial charge in [0.2, 0.25) is 0 Å². The van der Waals surface area contributed by atoms with E-state index in [2.05, 4.69) is 11.4 Å². The first kappa shape index (κ1) is 13.2. The molecule has 0 unspecified atom stereocenters. The van der Waals surface area contributed by atoms with Gasteiger partial charge >= 0.3 is 6.03 Å². The van der Waals surface area contributed by atoms with Gasteiger partial charge < -0.3 is 15.0 Å². The summed E-state index contributed by atoms with van der Waals surface area (Å²) >= 11 is 0. The van der Waals surface area contributed by atoms with Gasteiger partial charge in [-0.15, -0.1) is 0 Å². The van der Waals surface area contributed by atoms with Crippen LogP contribution in [0.3, 0.4) is 0 Å². The molecule has 1 heterocycles. The lowest BCUT2D eigenvalue weighted by molar-refractivity contribution is 0.192. The van der Waals surface area contributed by atoms with Crippen LogP contribution in [-0.2, 0) is 0 Å². The van der Waals surface area contributed by atoms with E-state index >= 15 is 0 Å². The van der Waals surface area contributed by atoms with Crippen LogP contribution >= 0.6 is 0 Å². The number of anilines is 1. The third-order valence-electron chi connectivity index (χ3n) is 3.29. The van der Waals surface area contributed by atoms with Crippen molar-refractivity contribution in [2.45, 2.75) is 12.8 Å². The molecule has 2 amide bonds. The summed E-state index contributed by atoms with van der Waals surface area (Å²) in [5.74, 6) is 0.793. The molecule has 5 nitrogen and oxygen atoms in total. The van der Waals surface area contributed by atoms with Crippen LogP contribution in [0.5, 0.6) is 5.75 Å². The number of piperidine rings is 1. The molecule has 0 saturated carbocycles. The first-order chi connectivity index (χ1) is 9.22. The van der Waals surface area contributed by atoms with Crippen LogP contribution in [0.15, 0.2) is 24.3 Å². The Labute approximate surface area is 112 Å². The lowest BCUT2D eigenvalue weighted by Crippen LogP contribution is -2.40. The number of amides is 2. The van der Waals surface area contributed by atoms with E-state index in [1.165, 1.54) is 0 Å². The molecule has 1 saturated heterocycles. The van der Waals surface area contributed by atoms with Crippen molar-refractivity contribution in [3.63, 3.8) is 0 Å². The maximum absolute atomic E-state index is 12.1. The van der Waals surface area contributed by atoms with E-state index in [9.17, 15) is 4.79 Å². The quantitative estimate of drug-likeness (QED) is 0.887. The van der Waals surface area contributed by atoms with Crippen LogP contribution < -0.4 is 10.1 Å². The zero-order chi connectivity index (χ0) is 13.7. The van der Waals surface area contributed by atoms with Gasteiger partial charge in [-0.25, -0.2) is 4.79 Å². The average Bonchev–Trinajstić information content (AvgIpc) is 2.47. The molecular formula is C14H17N3O2. The molecule has 1 aliphatic rings. The van der Waals surface area contributed by atoms with E-state index < -0.39 is 0 Å². The maximum atomic E-state index is 12.1. The number of likely N-dealkylation sites (tertiary alicyclic amines) is 1. The van der Waals surface area contributed by atoms with E-state index in [1.807, 2.05) is 18.2 Å². The summed E-state index contributed by atoms with van der Waals surface area (Å²) in [5, 5.41) is 11.7. The van der Waals surface area contributed by atoms with Gasteiger partial charge in [0.05, 0.1) is 13.2 Å². The SMILES string of the molecule is COc1cccc(NC(=O)N2CCC(C#N)CC2)c1. The Kier molecular flexibility index (Phi) is 4.24. The number of nitriles is 1. The number of carbonyl (C=O) groups excluding carboxylic acids is 1. The molecule has 1 aromatic carbocycles. The lowest BCUT2D eigenvalue weighted by Gasteiger charge is -2.29. The Morgan fingerprint density at radius 2 is 2.21 bits per heavy atom. The van der Waals surface area contributed by atoms with E-state index in [4.69, 9.17) is 10.00 Å². The molecular weight excluding hydrogens is 242 g/mol. The number of carbonyl (C=O) groups is 1. The molecule has 0 radical (unpaired) electrons. The summed E-state index contributed by atoms with van der Waals surface area (Å²) in [5.41, 5.74) is 0.715. The molecule has 0 spiro atoms.